The first-order chi connectivity index (χ1) is 13.2. The molecule has 0 saturated heterocycles. The fourth-order valence-electron chi connectivity index (χ4n) is 2.89. The van der Waals surface area contributed by atoms with E-state index in [1.165, 1.54) is 17.7 Å². The lowest BCUT2D eigenvalue weighted by atomic mass is 10.1. The Balaban J connectivity index is 1.50. The Hall–Kier alpha value is -2.69. The molecular formula is C23H24O4. The second-order valence-electron chi connectivity index (χ2n) is 6.43. The molecule has 0 spiro atoms. The van der Waals surface area contributed by atoms with Gasteiger partial charge in [0.2, 0.25) is 0 Å². The summed E-state index contributed by atoms with van der Waals surface area (Å²) in [5, 5.41) is 2.40. The largest absolute Gasteiger partial charge is 0.463 e. The topological polar surface area (TPSA) is 44.8 Å². The molecule has 0 radical (unpaired) electrons. The van der Waals surface area contributed by atoms with E-state index >= 15 is 0 Å². The zero-order valence-corrected chi connectivity index (χ0v) is 15.5. The monoisotopic (exact) mass is 364 g/mol. The van der Waals surface area contributed by atoms with E-state index in [1.54, 1.807) is 0 Å². The van der Waals surface area contributed by atoms with Crippen LogP contribution in [0.3, 0.4) is 0 Å². The van der Waals surface area contributed by atoms with Gasteiger partial charge in [-0.2, -0.15) is 0 Å². The van der Waals surface area contributed by atoms with Crippen LogP contribution < -0.4 is 0 Å². The van der Waals surface area contributed by atoms with Gasteiger partial charge in [0.1, 0.15) is 13.4 Å². The molecule has 0 heterocycles. The van der Waals surface area contributed by atoms with Crippen molar-refractivity contribution in [3.63, 3.8) is 0 Å². The third kappa shape index (κ3) is 6.20. The number of hydrogen-bond donors (Lipinski definition) is 0. The van der Waals surface area contributed by atoms with Crippen LogP contribution in [0.25, 0.3) is 10.8 Å². The van der Waals surface area contributed by atoms with Gasteiger partial charge >= 0.3 is 5.97 Å². The van der Waals surface area contributed by atoms with Crippen molar-refractivity contribution in [1.82, 2.24) is 0 Å². The van der Waals surface area contributed by atoms with Crippen molar-refractivity contribution in [3.8, 4) is 0 Å². The van der Waals surface area contributed by atoms with Crippen molar-refractivity contribution in [2.75, 3.05) is 13.4 Å². The van der Waals surface area contributed by atoms with Crippen LogP contribution in [0.5, 0.6) is 0 Å². The molecule has 1 unspecified atom stereocenters. The van der Waals surface area contributed by atoms with Crippen LogP contribution in [0.2, 0.25) is 0 Å². The fourth-order valence-corrected chi connectivity index (χ4v) is 2.89. The molecule has 0 aliphatic heterocycles. The number of fused-ring (bicyclic) bond motifs is 1. The van der Waals surface area contributed by atoms with Crippen LogP contribution in [0, 0.1) is 0 Å². The predicted molar refractivity (Wildman–Crippen MR) is 105 cm³/mol. The Morgan fingerprint density at radius 3 is 2.41 bits per heavy atom. The number of benzene rings is 3. The molecule has 140 valence electrons. The highest BCUT2D eigenvalue weighted by atomic mass is 16.7. The van der Waals surface area contributed by atoms with Crippen molar-refractivity contribution in [1.29, 1.82) is 0 Å². The average Bonchev–Trinajstić information content (AvgIpc) is 2.69. The maximum absolute atomic E-state index is 11.1. The normalized spacial score (nSPS) is 12.0. The van der Waals surface area contributed by atoms with Gasteiger partial charge in [0.25, 0.3) is 0 Å². The Bertz CT molecular complexity index is 860. The van der Waals surface area contributed by atoms with Crippen LogP contribution in [0.1, 0.15) is 18.1 Å². The molecule has 0 fully saturated rings. The first-order valence-corrected chi connectivity index (χ1v) is 9.05. The molecular weight excluding hydrogens is 340 g/mol. The molecule has 0 bridgehead atoms. The smallest absolute Gasteiger partial charge is 0.302 e. The molecule has 0 aromatic heterocycles. The van der Waals surface area contributed by atoms with Gasteiger partial charge in [0, 0.05) is 13.3 Å². The predicted octanol–water partition coefficient (Wildman–Crippen LogP) is 4.50. The summed E-state index contributed by atoms with van der Waals surface area (Å²) in [7, 11) is 0. The molecule has 0 aliphatic rings. The summed E-state index contributed by atoms with van der Waals surface area (Å²) in [5.74, 6) is -0.311. The van der Waals surface area contributed by atoms with Gasteiger partial charge in [-0.05, 0) is 28.0 Å². The Labute approximate surface area is 159 Å². The second kappa shape index (κ2) is 9.86. The molecule has 4 nitrogen and oxygen atoms in total. The molecule has 1 atom stereocenters. The number of ether oxygens (including phenoxy) is 3. The zero-order chi connectivity index (χ0) is 18.9. The lowest BCUT2D eigenvalue weighted by Gasteiger charge is -2.18. The van der Waals surface area contributed by atoms with Crippen molar-refractivity contribution < 1.29 is 19.0 Å². The summed E-state index contributed by atoms with van der Waals surface area (Å²) in [5.41, 5.74) is 2.22. The molecule has 4 heteroatoms. The van der Waals surface area contributed by atoms with Crippen molar-refractivity contribution in [3.05, 3.63) is 83.9 Å². The van der Waals surface area contributed by atoms with Crippen LogP contribution in [0.15, 0.2) is 72.8 Å². The van der Waals surface area contributed by atoms with E-state index in [-0.39, 0.29) is 25.5 Å². The van der Waals surface area contributed by atoms with Crippen LogP contribution in [-0.2, 0) is 32.0 Å². The second-order valence-corrected chi connectivity index (χ2v) is 6.43. The average molecular weight is 364 g/mol. The lowest BCUT2D eigenvalue weighted by molar-refractivity contribution is -0.151. The van der Waals surface area contributed by atoms with Crippen molar-refractivity contribution >= 4 is 16.7 Å². The highest BCUT2D eigenvalue weighted by Gasteiger charge is 2.12. The summed E-state index contributed by atoms with van der Waals surface area (Å²) in [6.45, 7) is 2.22. The Morgan fingerprint density at radius 2 is 1.63 bits per heavy atom. The number of esters is 1. The molecule has 0 saturated carbocycles. The van der Waals surface area contributed by atoms with E-state index < -0.39 is 0 Å². The molecule has 0 N–H and O–H groups in total. The van der Waals surface area contributed by atoms with Crippen LogP contribution >= 0.6 is 0 Å². The third-order valence-corrected chi connectivity index (χ3v) is 4.25. The highest BCUT2D eigenvalue weighted by molar-refractivity contribution is 5.82. The highest BCUT2D eigenvalue weighted by Crippen LogP contribution is 2.16. The fraction of sp³-hybridized carbons (Fsp3) is 0.261. The van der Waals surface area contributed by atoms with Gasteiger partial charge in [-0.1, -0.05) is 66.7 Å². The van der Waals surface area contributed by atoms with Crippen LogP contribution in [0.4, 0.5) is 0 Å². The Morgan fingerprint density at radius 1 is 0.889 bits per heavy atom. The molecule has 0 amide bonds. The van der Waals surface area contributed by atoms with E-state index in [0.29, 0.717) is 13.0 Å². The SMILES string of the molecule is CC(=O)OCC(Cc1ccccc1)OCOCc1ccc2ccccc2c1. The molecule has 27 heavy (non-hydrogen) atoms. The van der Waals surface area contributed by atoms with E-state index in [2.05, 4.69) is 30.3 Å². The van der Waals surface area contributed by atoms with Gasteiger partial charge in [-0.15, -0.1) is 0 Å². The van der Waals surface area contributed by atoms with Gasteiger partial charge < -0.3 is 14.2 Å². The molecule has 3 rings (SSSR count). The van der Waals surface area contributed by atoms with Gasteiger partial charge in [0.15, 0.2) is 0 Å². The molecule has 3 aromatic rings. The molecule has 3 aromatic carbocycles. The Kier molecular flexibility index (Phi) is 6.97. The summed E-state index contributed by atoms with van der Waals surface area (Å²) >= 11 is 0. The first kappa shape index (κ1) is 19.1. The van der Waals surface area contributed by atoms with E-state index in [1.807, 2.05) is 42.5 Å². The number of rotatable bonds is 9. The van der Waals surface area contributed by atoms with Gasteiger partial charge in [-0.3, -0.25) is 4.79 Å². The lowest BCUT2D eigenvalue weighted by Crippen LogP contribution is -2.25. The van der Waals surface area contributed by atoms with Crippen molar-refractivity contribution in [2.45, 2.75) is 26.1 Å². The van der Waals surface area contributed by atoms with Crippen molar-refractivity contribution in [2.24, 2.45) is 0 Å². The number of carbonyl (C=O) groups is 1. The van der Waals surface area contributed by atoms with Crippen LogP contribution in [-0.4, -0.2) is 25.5 Å². The maximum Gasteiger partial charge on any atom is 0.302 e. The number of carbonyl (C=O) groups excluding carboxylic acids is 1. The quantitative estimate of drug-likeness (QED) is 0.318. The van der Waals surface area contributed by atoms with E-state index in [0.717, 1.165) is 11.1 Å². The molecule has 0 aliphatic carbocycles. The van der Waals surface area contributed by atoms with Gasteiger partial charge in [-0.25, -0.2) is 0 Å². The minimum atomic E-state index is -0.311. The van der Waals surface area contributed by atoms with Gasteiger partial charge in [0.05, 0.1) is 12.7 Å². The minimum absolute atomic E-state index is 0.144. The summed E-state index contributed by atoms with van der Waals surface area (Å²) in [6, 6.07) is 24.5. The standard InChI is InChI=1S/C23H24O4/c1-18(24)26-16-23(14-19-7-3-2-4-8-19)27-17-25-15-20-11-12-21-9-5-6-10-22(21)13-20/h2-13,23H,14-17H2,1H3. The first-order valence-electron chi connectivity index (χ1n) is 9.05. The summed E-state index contributed by atoms with van der Waals surface area (Å²) in [6.07, 6.45) is 0.417. The number of hydrogen-bond acceptors (Lipinski definition) is 4. The summed E-state index contributed by atoms with van der Waals surface area (Å²) < 4.78 is 16.6. The van der Waals surface area contributed by atoms with E-state index in [4.69, 9.17) is 14.2 Å². The van der Waals surface area contributed by atoms with E-state index in [9.17, 15) is 4.79 Å². The minimum Gasteiger partial charge on any atom is -0.463 e. The maximum atomic E-state index is 11.1. The zero-order valence-electron chi connectivity index (χ0n) is 15.5. The summed E-state index contributed by atoms with van der Waals surface area (Å²) in [4.78, 5) is 11.1. The third-order valence-electron chi connectivity index (χ3n) is 4.25.